The van der Waals surface area contributed by atoms with E-state index in [4.69, 9.17) is 11.6 Å². The van der Waals surface area contributed by atoms with Crippen molar-refractivity contribution in [3.8, 4) is 0 Å². The van der Waals surface area contributed by atoms with Crippen molar-refractivity contribution in [2.75, 3.05) is 19.6 Å². The number of nitrogens with one attached hydrogen (secondary N) is 1. The fourth-order valence-electron chi connectivity index (χ4n) is 3.15. The molecule has 0 radical (unpaired) electrons. The summed E-state index contributed by atoms with van der Waals surface area (Å²) in [5, 5.41) is 9.04. The van der Waals surface area contributed by atoms with Gasteiger partial charge in [-0.25, -0.2) is 0 Å². The van der Waals surface area contributed by atoms with Crippen molar-refractivity contribution in [2.24, 2.45) is 5.92 Å². The Morgan fingerprint density at radius 3 is 2.76 bits per heavy atom. The maximum absolute atomic E-state index is 6.56. The SMILES string of the molecule is CCc1nn(CC)c(CN2CCNCC2CC(C)C)c1Cl. The van der Waals surface area contributed by atoms with E-state index in [1.807, 2.05) is 0 Å². The monoisotopic (exact) mass is 312 g/mol. The van der Waals surface area contributed by atoms with Crippen LogP contribution in [0, 0.1) is 5.92 Å². The molecule has 2 rings (SSSR count). The molecule has 1 saturated heterocycles. The summed E-state index contributed by atoms with van der Waals surface area (Å²) >= 11 is 6.56. The highest BCUT2D eigenvalue weighted by molar-refractivity contribution is 6.31. The smallest absolute Gasteiger partial charge is 0.0863 e. The Hall–Kier alpha value is -0.580. The van der Waals surface area contributed by atoms with Crippen LogP contribution in [0.1, 0.15) is 45.5 Å². The van der Waals surface area contributed by atoms with Crippen molar-refractivity contribution in [1.82, 2.24) is 20.0 Å². The summed E-state index contributed by atoms with van der Waals surface area (Å²) < 4.78 is 2.08. The number of piperazine rings is 1. The van der Waals surface area contributed by atoms with Crippen LogP contribution in [0.5, 0.6) is 0 Å². The van der Waals surface area contributed by atoms with Crippen LogP contribution < -0.4 is 5.32 Å². The molecule has 0 amide bonds. The first-order valence-corrected chi connectivity index (χ1v) is 8.63. The molecular weight excluding hydrogens is 284 g/mol. The predicted molar refractivity (Wildman–Crippen MR) is 88.8 cm³/mol. The van der Waals surface area contributed by atoms with Crippen LogP contribution in [0.25, 0.3) is 0 Å². The molecule has 1 aliphatic heterocycles. The fourth-order valence-corrected chi connectivity index (χ4v) is 3.48. The first-order valence-electron chi connectivity index (χ1n) is 8.25. The van der Waals surface area contributed by atoms with E-state index < -0.39 is 0 Å². The molecule has 1 atom stereocenters. The second kappa shape index (κ2) is 7.61. The number of halogens is 1. The zero-order valence-corrected chi connectivity index (χ0v) is 14.6. The molecule has 0 aliphatic carbocycles. The topological polar surface area (TPSA) is 33.1 Å². The average molecular weight is 313 g/mol. The lowest BCUT2D eigenvalue weighted by Gasteiger charge is -2.37. The summed E-state index contributed by atoms with van der Waals surface area (Å²) in [6, 6.07) is 0.597. The molecule has 1 aliphatic rings. The van der Waals surface area contributed by atoms with E-state index in [9.17, 15) is 0 Å². The highest BCUT2D eigenvalue weighted by Gasteiger charge is 2.25. The van der Waals surface area contributed by atoms with E-state index in [2.05, 4.69) is 47.7 Å². The van der Waals surface area contributed by atoms with Crippen molar-refractivity contribution >= 4 is 11.6 Å². The number of nitrogens with zero attached hydrogens (tertiary/aromatic N) is 3. The van der Waals surface area contributed by atoms with Crippen LogP contribution in [-0.2, 0) is 19.5 Å². The molecule has 0 aromatic carbocycles. The first-order chi connectivity index (χ1) is 10.1. The lowest BCUT2D eigenvalue weighted by molar-refractivity contribution is 0.130. The lowest BCUT2D eigenvalue weighted by Crippen LogP contribution is -2.51. The van der Waals surface area contributed by atoms with Crippen molar-refractivity contribution < 1.29 is 0 Å². The Balaban J connectivity index is 2.16. The van der Waals surface area contributed by atoms with E-state index in [0.29, 0.717) is 6.04 Å². The van der Waals surface area contributed by atoms with Gasteiger partial charge in [0, 0.05) is 38.8 Å². The first kappa shape index (κ1) is 16.8. The van der Waals surface area contributed by atoms with Gasteiger partial charge in [0.05, 0.1) is 16.4 Å². The van der Waals surface area contributed by atoms with Crippen LogP contribution in [0.3, 0.4) is 0 Å². The summed E-state index contributed by atoms with van der Waals surface area (Å²) in [5.41, 5.74) is 2.22. The molecule has 1 aromatic heterocycles. The average Bonchev–Trinajstić information content (AvgIpc) is 2.77. The summed E-state index contributed by atoms with van der Waals surface area (Å²) in [4.78, 5) is 2.57. The number of rotatable bonds is 6. The number of aromatic nitrogens is 2. The minimum Gasteiger partial charge on any atom is -0.314 e. The summed E-state index contributed by atoms with van der Waals surface area (Å²) in [7, 11) is 0. The van der Waals surface area contributed by atoms with Gasteiger partial charge in [0.15, 0.2) is 0 Å². The van der Waals surface area contributed by atoms with Gasteiger partial charge in [-0.2, -0.15) is 5.10 Å². The molecule has 120 valence electrons. The van der Waals surface area contributed by atoms with Gasteiger partial charge in [0.2, 0.25) is 0 Å². The summed E-state index contributed by atoms with van der Waals surface area (Å²) in [6.45, 7) is 13.9. The van der Waals surface area contributed by atoms with Gasteiger partial charge in [-0.15, -0.1) is 0 Å². The standard InChI is InChI=1S/C16H29ClN4/c1-5-14-16(17)15(21(6-2)19-14)11-20-8-7-18-10-13(20)9-12(3)4/h12-13,18H,5-11H2,1-4H3. The van der Waals surface area contributed by atoms with Crippen molar-refractivity contribution in [1.29, 1.82) is 0 Å². The highest BCUT2D eigenvalue weighted by Crippen LogP contribution is 2.25. The van der Waals surface area contributed by atoms with Crippen molar-refractivity contribution in [3.63, 3.8) is 0 Å². The molecule has 1 aromatic rings. The molecule has 1 N–H and O–H groups in total. The Bertz CT molecular complexity index is 455. The summed E-state index contributed by atoms with van der Waals surface area (Å²) in [5.74, 6) is 0.718. The van der Waals surface area contributed by atoms with Crippen LogP contribution >= 0.6 is 11.6 Å². The van der Waals surface area contributed by atoms with E-state index in [1.54, 1.807) is 0 Å². The molecule has 4 nitrogen and oxygen atoms in total. The molecule has 1 fully saturated rings. The molecule has 5 heteroatoms. The molecule has 1 unspecified atom stereocenters. The van der Waals surface area contributed by atoms with E-state index >= 15 is 0 Å². The van der Waals surface area contributed by atoms with E-state index in [0.717, 1.165) is 55.8 Å². The predicted octanol–water partition coefficient (Wildman–Crippen LogP) is 2.94. The third-order valence-electron chi connectivity index (χ3n) is 4.26. The third kappa shape index (κ3) is 3.99. The summed E-state index contributed by atoms with van der Waals surface area (Å²) in [6.07, 6.45) is 2.13. The van der Waals surface area contributed by atoms with Gasteiger partial charge in [0.25, 0.3) is 0 Å². The molecule has 0 bridgehead atoms. The normalized spacial score (nSPS) is 20.4. The Morgan fingerprint density at radius 2 is 2.14 bits per heavy atom. The van der Waals surface area contributed by atoms with Gasteiger partial charge in [-0.3, -0.25) is 9.58 Å². The molecule has 21 heavy (non-hydrogen) atoms. The largest absolute Gasteiger partial charge is 0.314 e. The minimum atomic E-state index is 0.597. The quantitative estimate of drug-likeness (QED) is 0.876. The van der Waals surface area contributed by atoms with Crippen LogP contribution in [0.15, 0.2) is 0 Å². The van der Waals surface area contributed by atoms with Crippen molar-refractivity contribution in [2.45, 2.75) is 59.7 Å². The Labute approximate surface area is 133 Å². The van der Waals surface area contributed by atoms with Gasteiger partial charge in [-0.05, 0) is 25.7 Å². The van der Waals surface area contributed by atoms with Gasteiger partial charge in [0.1, 0.15) is 0 Å². The van der Waals surface area contributed by atoms with E-state index in [-0.39, 0.29) is 0 Å². The van der Waals surface area contributed by atoms with Crippen molar-refractivity contribution in [3.05, 3.63) is 16.4 Å². The number of aryl methyl sites for hydroxylation is 2. The fraction of sp³-hybridized carbons (Fsp3) is 0.812. The van der Waals surface area contributed by atoms with Gasteiger partial charge in [-0.1, -0.05) is 32.4 Å². The zero-order valence-electron chi connectivity index (χ0n) is 13.8. The van der Waals surface area contributed by atoms with Crippen LogP contribution in [0.2, 0.25) is 5.02 Å². The molecular formula is C16H29ClN4. The van der Waals surface area contributed by atoms with Crippen LogP contribution in [0.4, 0.5) is 0 Å². The zero-order chi connectivity index (χ0) is 15.4. The number of hydrogen-bond acceptors (Lipinski definition) is 3. The highest BCUT2D eigenvalue weighted by atomic mass is 35.5. The molecule has 0 spiro atoms. The second-order valence-electron chi connectivity index (χ2n) is 6.33. The van der Waals surface area contributed by atoms with Gasteiger partial charge >= 0.3 is 0 Å². The second-order valence-corrected chi connectivity index (χ2v) is 6.71. The number of hydrogen-bond donors (Lipinski definition) is 1. The maximum atomic E-state index is 6.56. The molecule has 0 saturated carbocycles. The third-order valence-corrected chi connectivity index (χ3v) is 4.70. The maximum Gasteiger partial charge on any atom is 0.0863 e. The van der Waals surface area contributed by atoms with E-state index in [1.165, 1.54) is 12.1 Å². The Morgan fingerprint density at radius 1 is 1.38 bits per heavy atom. The minimum absolute atomic E-state index is 0.597. The lowest BCUT2D eigenvalue weighted by atomic mass is 10.0. The van der Waals surface area contributed by atoms with Gasteiger partial charge < -0.3 is 5.32 Å². The molecule has 2 heterocycles. The Kier molecular flexibility index (Phi) is 6.08. The van der Waals surface area contributed by atoms with Crippen LogP contribution in [-0.4, -0.2) is 40.4 Å².